The van der Waals surface area contributed by atoms with Gasteiger partial charge >= 0.3 is 5.97 Å². The van der Waals surface area contributed by atoms with Crippen LogP contribution in [-0.2, 0) is 14.8 Å². The van der Waals surface area contributed by atoms with E-state index in [1.807, 2.05) is 0 Å². The standard InChI is InChI=1S/C12H16ClNO4S/c13-10-5-4-6-11(9-10)19(17,18)14-8-3-1-2-7-12(15)16/h4-6,9,14H,1-3,7-8H2,(H,15,16). The molecule has 19 heavy (non-hydrogen) atoms. The minimum atomic E-state index is -3.54. The molecular formula is C12H16ClNO4S. The fraction of sp³-hybridized carbons (Fsp3) is 0.417. The second-order valence-corrected chi connectivity index (χ2v) is 6.26. The van der Waals surface area contributed by atoms with Gasteiger partial charge in [0.05, 0.1) is 4.90 Å². The molecule has 0 radical (unpaired) electrons. The molecule has 1 aromatic carbocycles. The zero-order chi connectivity index (χ0) is 14.3. The average Bonchev–Trinajstić information content (AvgIpc) is 2.33. The third-order valence-corrected chi connectivity index (χ3v) is 4.16. The van der Waals surface area contributed by atoms with Crippen molar-refractivity contribution in [2.24, 2.45) is 0 Å². The summed E-state index contributed by atoms with van der Waals surface area (Å²) in [5.74, 6) is -0.834. The molecule has 2 N–H and O–H groups in total. The van der Waals surface area contributed by atoms with E-state index in [0.29, 0.717) is 24.3 Å². The van der Waals surface area contributed by atoms with Gasteiger partial charge in [0.15, 0.2) is 0 Å². The number of unbranched alkanes of at least 4 members (excludes halogenated alkanes) is 2. The monoisotopic (exact) mass is 305 g/mol. The topological polar surface area (TPSA) is 83.5 Å². The Balaban J connectivity index is 2.38. The molecule has 7 heteroatoms. The van der Waals surface area contributed by atoms with Crippen LogP contribution in [0.25, 0.3) is 0 Å². The summed E-state index contributed by atoms with van der Waals surface area (Å²) in [5.41, 5.74) is 0. The molecule has 0 bridgehead atoms. The Morgan fingerprint density at radius 1 is 1.26 bits per heavy atom. The molecule has 106 valence electrons. The van der Waals surface area contributed by atoms with E-state index in [2.05, 4.69) is 4.72 Å². The van der Waals surface area contributed by atoms with Gasteiger partial charge in [-0.1, -0.05) is 24.1 Å². The summed E-state index contributed by atoms with van der Waals surface area (Å²) in [6, 6.07) is 6.03. The van der Waals surface area contributed by atoms with Gasteiger partial charge in [0.1, 0.15) is 0 Å². The number of nitrogens with one attached hydrogen (secondary N) is 1. The first-order valence-electron chi connectivity index (χ1n) is 5.89. The summed E-state index contributed by atoms with van der Waals surface area (Å²) in [4.78, 5) is 10.4. The van der Waals surface area contributed by atoms with Crippen LogP contribution in [0.1, 0.15) is 25.7 Å². The maximum Gasteiger partial charge on any atom is 0.303 e. The predicted molar refractivity (Wildman–Crippen MR) is 72.7 cm³/mol. The van der Waals surface area contributed by atoms with Gasteiger partial charge in [-0.3, -0.25) is 4.79 Å². The molecule has 0 aliphatic rings. The predicted octanol–water partition coefficient (Wildman–Crippen LogP) is 2.26. The van der Waals surface area contributed by atoms with Crippen molar-refractivity contribution in [1.29, 1.82) is 0 Å². The van der Waals surface area contributed by atoms with Crippen LogP contribution in [-0.4, -0.2) is 26.0 Å². The van der Waals surface area contributed by atoms with Crippen LogP contribution in [0.15, 0.2) is 29.2 Å². The smallest absolute Gasteiger partial charge is 0.303 e. The molecule has 0 saturated carbocycles. The number of halogens is 1. The number of hydrogen-bond donors (Lipinski definition) is 2. The van der Waals surface area contributed by atoms with Crippen LogP contribution in [0, 0.1) is 0 Å². The van der Waals surface area contributed by atoms with Gasteiger partial charge in [-0.25, -0.2) is 13.1 Å². The molecule has 0 aliphatic carbocycles. The van der Waals surface area contributed by atoms with Gasteiger partial charge in [-0.05, 0) is 31.0 Å². The van der Waals surface area contributed by atoms with Crippen molar-refractivity contribution in [1.82, 2.24) is 4.72 Å². The molecule has 0 fully saturated rings. The van der Waals surface area contributed by atoms with Gasteiger partial charge in [-0.2, -0.15) is 0 Å². The number of benzene rings is 1. The van der Waals surface area contributed by atoms with Crippen LogP contribution in [0.4, 0.5) is 0 Å². The molecule has 1 rings (SSSR count). The Bertz CT molecular complexity index is 530. The lowest BCUT2D eigenvalue weighted by atomic mass is 10.2. The van der Waals surface area contributed by atoms with Crippen molar-refractivity contribution in [3.05, 3.63) is 29.3 Å². The number of carboxylic acid groups (broad SMARTS) is 1. The number of sulfonamides is 1. The van der Waals surface area contributed by atoms with E-state index in [9.17, 15) is 13.2 Å². The highest BCUT2D eigenvalue weighted by atomic mass is 35.5. The Kier molecular flexibility index (Phi) is 6.27. The van der Waals surface area contributed by atoms with Crippen LogP contribution < -0.4 is 4.72 Å². The van der Waals surface area contributed by atoms with E-state index in [4.69, 9.17) is 16.7 Å². The Morgan fingerprint density at radius 3 is 2.63 bits per heavy atom. The minimum Gasteiger partial charge on any atom is -0.481 e. The second-order valence-electron chi connectivity index (χ2n) is 4.06. The van der Waals surface area contributed by atoms with Crippen molar-refractivity contribution in [3.63, 3.8) is 0 Å². The van der Waals surface area contributed by atoms with Crippen molar-refractivity contribution in [3.8, 4) is 0 Å². The number of hydrogen-bond acceptors (Lipinski definition) is 3. The molecule has 0 unspecified atom stereocenters. The van der Waals surface area contributed by atoms with E-state index in [0.717, 1.165) is 0 Å². The summed E-state index contributed by atoms with van der Waals surface area (Å²) in [5, 5.41) is 8.82. The number of aliphatic carboxylic acids is 1. The summed E-state index contributed by atoms with van der Waals surface area (Å²) in [6.07, 6.45) is 1.94. The molecule has 0 saturated heterocycles. The van der Waals surface area contributed by atoms with Gasteiger partial charge < -0.3 is 5.11 Å². The van der Waals surface area contributed by atoms with E-state index >= 15 is 0 Å². The molecular weight excluding hydrogens is 290 g/mol. The van der Waals surface area contributed by atoms with E-state index in [-0.39, 0.29) is 17.9 Å². The normalized spacial score (nSPS) is 11.4. The lowest BCUT2D eigenvalue weighted by Crippen LogP contribution is -2.24. The van der Waals surface area contributed by atoms with Crippen LogP contribution >= 0.6 is 11.6 Å². The quantitative estimate of drug-likeness (QED) is 0.722. The summed E-state index contributed by atoms with van der Waals surface area (Å²) in [6.45, 7) is 0.286. The van der Waals surface area contributed by atoms with E-state index in [1.54, 1.807) is 12.1 Å². The second kappa shape index (κ2) is 7.47. The minimum absolute atomic E-state index is 0.112. The Morgan fingerprint density at radius 2 is 2.00 bits per heavy atom. The fourth-order valence-electron chi connectivity index (χ4n) is 1.50. The molecule has 0 aliphatic heterocycles. The van der Waals surface area contributed by atoms with Crippen LogP contribution in [0.2, 0.25) is 5.02 Å². The molecule has 5 nitrogen and oxygen atoms in total. The van der Waals surface area contributed by atoms with Crippen LogP contribution in [0.5, 0.6) is 0 Å². The van der Waals surface area contributed by atoms with Gasteiger partial charge in [0.2, 0.25) is 10.0 Å². The third kappa shape index (κ3) is 6.04. The number of carbonyl (C=O) groups is 1. The zero-order valence-corrected chi connectivity index (χ0v) is 11.9. The molecule has 0 heterocycles. The average molecular weight is 306 g/mol. The SMILES string of the molecule is O=C(O)CCCCCNS(=O)(=O)c1cccc(Cl)c1. The number of rotatable bonds is 8. The van der Waals surface area contributed by atoms with Crippen molar-refractivity contribution >= 4 is 27.6 Å². The van der Waals surface area contributed by atoms with E-state index < -0.39 is 16.0 Å². The van der Waals surface area contributed by atoms with Crippen LogP contribution in [0.3, 0.4) is 0 Å². The van der Waals surface area contributed by atoms with Gasteiger partial charge in [0, 0.05) is 18.0 Å². The number of carboxylic acids is 1. The molecule has 1 aromatic rings. The molecule has 0 amide bonds. The maximum absolute atomic E-state index is 11.9. The van der Waals surface area contributed by atoms with E-state index in [1.165, 1.54) is 12.1 Å². The highest BCUT2D eigenvalue weighted by Gasteiger charge is 2.13. The Hall–Kier alpha value is -1.11. The first-order valence-corrected chi connectivity index (χ1v) is 7.75. The largest absolute Gasteiger partial charge is 0.481 e. The first kappa shape index (κ1) is 15.9. The van der Waals surface area contributed by atoms with Crippen molar-refractivity contribution in [2.75, 3.05) is 6.54 Å². The van der Waals surface area contributed by atoms with Crippen molar-refractivity contribution < 1.29 is 18.3 Å². The summed E-state index contributed by atoms with van der Waals surface area (Å²) < 4.78 is 26.2. The lowest BCUT2D eigenvalue weighted by molar-refractivity contribution is -0.137. The lowest BCUT2D eigenvalue weighted by Gasteiger charge is -2.06. The van der Waals surface area contributed by atoms with Gasteiger partial charge in [0.25, 0.3) is 0 Å². The summed E-state index contributed by atoms with van der Waals surface area (Å²) >= 11 is 5.74. The summed E-state index contributed by atoms with van der Waals surface area (Å²) in [7, 11) is -3.54. The maximum atomic E-state index is 11.9. The zero-order valence-electron chi connectivity index (χ0n) is 10.3. The molecule has 0 spiro atoms. The first-order chi connectivity index (χ1) is 8.92. The highest BCUT2D eigenvalue weighted by Crippen LogP contribution is 2.15. The Labute approximate surface area is 117 Å². The third-order valence-electron chi connectivity index (χ3n) is 2.47. The van der Waals surface area contributed by atoms with Crippen molar-refractivity contribution in [2.45, 2.75) is 30.6 Å². The fourth-order valence-corrected chi connectivity index (χ4v) is 2.88. The molecule has 0 aromatic heterocycles. The molecule has 0 atom stereocenters. The highest BCUT2D eigenvalue weighted by molar-refractivity contribution is 7.89. The van der Waals surface area contributed by atoms with Gasteiger partial charge in [-0.15, -0.1) is 0 Å².